The van der Waals surface area contributed by atoms with E-state index in [-0.39, 0.29) is 18.0 Å². The van der Waals surface area contributed by atoms with Gasteiger partial charge in [0, 0.05) is 4.47 Å². The van der Waals surface area contributed by atoms with Crippen LogP contribution in [-0.4, -0.2) is 31.2 Å². The molecule has 96 valence electrons. The van der Waals surface area contributed by atoms with Gasteiger partial charge in [0.25, 0.3) is 0 Å². The summed E-state index contributed by atoms with van der Waals surface area (Å²) in [6.45, 7) is 7.00. The minimum atomic E-state index is -0.163. The molecule has 0 unspecified atom stereocenters. The quantitative estimate of drug-likeness (QED) is 0.594. The maximum Gasteiger partial charge on any atom is 0.199 e. The molecule has 0 aromatic carbocycles. The molecule has 0 saturated heterocycles. The van der Waals surface area contributed by atoms with E-state index in [1.807, 2.05) is 32.2 Å². The van der Waals surface area contributed by atoms with E-state index in [0.717, 1.165) is 4.47 Å². The molecule has 1 heterocycles. The second-order valence-corrected chi connectivity index (χ2v) is 6.30. The van der Waals surface area contributed by atoms with Crippen LogP contribution in [0.25, 0.3) is 0 Å². The van der Waals surface area contributed by atoms with Crippen LogP contribution in [0.2, 0.25) is 0 Å². The average molecular weight is 321 g/mol. The molecule has 0 atom stereocenters. The molecule has 1 aromatic heterocycles. The second kappa shape index (κ2) is 6.64. The van der Waals surface area contributed by atoms with Crippen molar-refractivity contribution in [1.29, 1.82) is 0 Å². The number of ketones is 1. The van der Waals surface area contributed by atoms with Crippen molar-refractivity contribution >= 4 is 33.0 Å². The monoisotopic (exact) mass is 320 g/mol. The molecule has 1 rings (SSSR count). The van der Waals surface area contributed by atoms with Crippen molar-refractivity contribution in [2.75, 3.05) is 19.8 Å². The molecule has 0 aliphatic carbocycles. The van der Waals surface area contributed by atoms with Gasteiger partial charge in [-0.2, -0.15) is 0 Å². The summed E-state index contributed by atoms with van der Waals surface area (Å²) in [6.07, 6.45) is 0. The third-order valence-corrected chi connectivity index (χ3v) is 3.75. The molecule has 0 bridgehead atoms. The minimum absolute atomic E-state index is 0.00244. The lowest BCUT2D eigenvalue weighted by molar-refractivity contribution is -0.0323. The van der Waals surface area contributed by atoms with Crippen molar-refractivity contribution < 1.29 is 14.3 Å². The molecule has 0 fully saturated rings. The van der Waals surface area contributed by atoms with Crippen LogP contribution in [0.15, 0.2) is 15.9 Å². The lowest BCUT2D eigenvalue weighted by Crippen LogP contribution is -2.22. The van der Waals surface area contributed by atoms with Gasteiger partial charge in [0.05, 0.1) is 23.7 Å². The first-order valence-electron chi connectivity index (χ1n) is 5.38. The molecule has 17 heavy (non-hydrogen) atoms. The zero-order valence-corrected chi connectivity index (χ0v) is 12.7. The summed E-state index contributed by atoms with van der Waals surface area (Å²) in [7, 11) is 0. The number of carbonyl (C=O) groups excluding carboxylic acids is 1. The maximum absolute atomic E-state index is 11.7. The fourth-order valence-electron chi connectivity index (χ4n) is 1.13. The van der Waals surface area contributed by atoms with Crippen LogP contribution in [0.3, 0.4) is 0 Å². The van der Waals surface area contributed by atoms with E-state index in [9.17, 15) is 4.79 Å². The van der Waals surface area contributed by atoms with Crippen molar-refractivity contribution in [1.82, 2.24) is 0 Å². The van der Waals surface area contributed by atoms with Crippen molar-refractivity contribution in [3.05, 3.63) is 20.8 Å². The summed E-state index contributed by atoms with van der Waals surface area (Å²) in [5.74, 6) is 0.00244. The lowest BCUT2D eigenvalue weighted by Gasteiger charge is -2.19. The van der Waals surface area contributed by atoms with Crippen LogP contribution in [0.1, 0.15) is 30.4 Å². The third kappa shape index (κ3) is 5.77. The Hall–Kier alpha value is -0.230. The number of Topliss-reactive ketones (excluding diaryl/α,β-unsaturated/α-hetero) is 1. The van der Waals surface area contributed by atoms with Crippen molar-refractivity contribution in [3.8, 4) is 0 Å². The summed E-state index contributed by atoms with van der Waals surface area (Å²) in [5.41, 5.74) is -0.163. The van der Waals surface area contributed by atoms with Crippen LogP contribution in [0.4, 0.5) is 0 Å². The molecule has 1 aromatic rings. The second-order valence-electron chi connectivity index (χ2n) is 4.53. The van der Waals surface area contributed by atoms with E-state index >= 15 is 0 Å². The summed E-state index contributed by atoms with van der Waals surface area (Å²) in [6, 6.07) is 1.86. The standard InChI is InChI=1S/C12H17BrO3S/c1-12(2,3)16-6-5-15-8-10(14)11-9(13)4-7-17-11/h4,7H,5-6,8H2,1-3H3. The summed E-state index contributed by atoms with van der Waals surface area (Å²) >= 11 is 4.74. The molecule has 5 heteroatoms. The number of hydrogen-bond donors (Lipinski definition) is 0. The Morgan fingerprint density at radius 2 is 2.12 bits per heavy atom. The Bertz CT molecular complexity index is 368. The first-order chi connectivity index (χ1) is 7.90. The highest BCUT2D eigenvalue weighted by atomic mass is 79.9. The van der Waals surface area contributed by atoms with Gasteiger partial charge >= 0.3 is 0 Å². The smallest absolute Gasteiger partial charge is 0.199 e. The highest BCUT2D eigenvalue weighted by molar-refractivity contribution is 9.10. The van der Waals surface area contributed by atoms with Crippen LogP contribution in [0.5, 0.6) is 0 Å². The van der Waals surface area contributed by atoms with Crippen molar-refractivity contribution in [3.63, 3.8) is 0 Å². The van der Waals surface area contributed by atoms with Crippen molar-refractivity contribution in [2.45, 2.75) is 26.4 Å². The van der Waals surface area contributed by atoms with Crippen LogP contribution < -0.4 is 0 Å². The van der Waals surface area contributed by atoms with E-state index in [4.69, 9.17) is 9.47 Å². The van der Waals surface area contributed by atoms with Gasteiger partial charge in [0.2, 0.25) is 0 Å². The minimum Gasteiger partial charge on any atom is -0.373 e. The molecule has 3 nitrogen and oxygen atoms in total. The summed E-state index contributed by atoms with van der Waals surface area (Å²) in [5, 5.41) is 1.88. The first-order valence-corrected chi connectivity index (χ1v) is 7.05. The highest BCUT2D eigenvalue weighted by Crippen LogP contribution is 2.22. The van der Waals surface area contributed by atoms with Gasteiger partial charge in [0.15, 0.2) is 5.78 Å². The van der Waals surface area contributed by atoms with E-state index in [0.29, 0.717) is 18.1 Å². The number of carbonyl (C=O) groups is 1. The topological polar surface area (TPSA) is 35.5 Å². The lowest BCUT2D eigenvalue weighted by atomic mass is 10.2. The fraction of sp³-hybridized carbons (Fsp3) is 0.583. The van der Waals surface area contributed by atoms with Gasteiger partial charge in [-0.1, -0.05) is 0 Å². The largest absolute Gasteiger partial charge is 0.373 e. The Kier molecular flexibility index (Phi) is 5.79. The Balaban J connectivity index is 2.20. The summed E-state index contributed by atoms with van der Waals surface area (Å²) in [4.78, 5) is 12.4. The fourth-order valence-corrected chi connectivity index (χ4v) is 2.65. The van der Waals surface area contributed by atoms with E-state index in [1.54, 1.807) is 0 Å². The normalized spacial score (nSPS) is 11.8. The number of thiophene rings is 1. The highest BCUT2D eigenvalue weighted by Gasteiger charge is 2.12. The van der Waals surface area contributed by atoms with E-state index in [1.165, 1.54) is 11.3 Å². The van der Waals surface area contributed by atoms with Crippen LogP contribution >= 0.6 is 27.3 Å². The van der Waals surface area contributed by atoms with E-state index in [2.05, 4.69) is 15.9 Å². The van der Waals surface area contributed by atoms with Gasteiger partial charge in [-0.05, 0) is 48.1 Å². The molecular weight excluding hydrogens is 304 g/mol. The van der Waals surface area contributed by atoms with Gasteiger partial charge < -0.3 is 9.47 Å². The van der Waals surface area contributed by atoms with Crippen molar-refractivity contribution in [2.24, 2.45) is 0 Å². The molecule has 0 spiro atoms. The van der Waals surface area contributed by atoms with Gasteiger partial charge in [-0.15, -0.1) is 11.3 Å². The predicted octanol–water partition coefficient (Wildman–Crippen LogP) is 3.53. The molecule has 0 amide bonds. The zero-order chi connectivity index (χ0) is 12.9. The zero-order valence-electron chi connectivity index (χ0n) is 10.3. The molecule has 0 saturated carbocycles. The molecular formula is C12H17BrO3S. The third-order valence-electron chi connectivity index (χ3n) is 1.87. The van der Waals surface area contributed by atoms with Gasteiger partial charge in [-0.25, -0.2) is 0 Å². The SMILES string of the molecule is CC(C)(C)OCCOCC(=O)c1sccc1Br. The first kappa shape index (κ1) is 14.8. The number of ether oxygens (including phenoxy) is 2. The Morgan fingerprint density at radius 3 is 2.65 bits per heavy atom. The number of rotatable bonds is 6. The molecule has 0 N–H and O–H groups in total. The van der Waals surface area contributed by atoms with Gasteiger partial charge in [0.1, 0.15) is 6.61 Å². The van der Waals surface area contributed by atoms with E-state index < -0.39 is 0 Å². The van der Waals surface area contributed by atoms with Crippen LogP contribution in [0, 0.1) is 0 Å². The van der Waals surface area contributed by atoms with Crippen LogP contribution in [-0.2, 0) is 9.47 Å². The Morgan fingerprint density at radius 1 is 1.41 bits per heavy atom. The Labute approximate surface area is 114 Å². The predicted molar refractivity (Wildman–Crippen MR) is 72.9 cm³/mol. The summed E-state index contributed by atoms with van der Waals surface area (Å²) < 4.78 is 11.6. The number of halogens is 1. The molecule has 0 aliphatic heterocycles. The molecule has 0 aliphatic rings. The maximum atomic E-state index is 11.7. The average Bonchev–Trinajstić information content (AvgIpc) is 2.62. The van der Waals surface area contributed by atoms with Gasteiger partial charge in [-0.3, -0.25) is 4.79 Å². The number of hydrogen-bond acceptors (Lipinski definition) is 4. The molecule has 0 radical (unpaired) electrons.